The van der Waals surface area contributed by atoms with Crippen LogP contribution in [-0.2, 0) is 4.74 Å². The Bertz CT molecular complexity index is 675. The summed E-state index contributed by atoms with van der Waals surface area (Å²) in [6.45, 7) is 1.95. The molecule has 0 aliphatic rings. The third-order valence-corrected chi connectivity index (χ3v) is 2.80. The second-order valence-electron chi connectivity index (χ2n) is 3.98. The van der Waals surface area contributed by atoms with Gasteiger partial charge in [0.25, 0.3) is 0 Å². The van der Waals surface area contributed by atoms with Crippen molar-refractivity contribution in [2.75, 3.05) is 26.3 Å². The summed E-state index contributed by atoms with van der Waals surface area (Å²) >= 11 is 0. The number of aromatic nitrogens is 2. The standard InChI is InChI=1S/C13H16N4O4/c1-4-21-12(18)11-7-5-9(19-2)10(20-3)6-8(7)15-13(16-11)17-14/h5-6H,4,14H2,1-3H3,(H,15,16,17). The molecule has 0 bridgehead atoms. The fourth-order valence-corrected chi connectivity index (χ4v) is 1.88. The maximum absolute atomic E-state index is 12.0. The highest BCUT2D eigenvalue weighted by molar-refractivity contribution is 6.02. The molecule has 0 fully saturated rings. The van der Waals surface area contributed by atoms with Gasteiger partial charge in [-0.15, -0.1) is 0 Å². The molecule has 8 nitrogen and oxygen atoms in total. The van der Waals surface area contributed by atoms with Crippen LogP contribution in [0.5, 0.6) is 11.5 Å². The number of hydrogen-bond acceptors (Lipinski definition) is 8. The average molecular weight is 292 g/mol. The summed E-state index contributed by atoms with van der Waals surface area (Å²) in [5, 5.41) is 0.491. The number of benzene rings is 1. The van der Waals surface area contributed by atoms with Gasteiger partial charge in [0.05, 0.1) is 26.3 Å². The van der Waals surface area contributed by atoms with Gasteiger partial charge in [0.1, 0.15) is 0 Å². The van der Waals surface area contributed by atoms with Crippen LogP contribution in [0.2, 0.25) is 0 Å². The van der Waals surface area contributed by atoms with Crippen molar-refractivity contribution >= 4 is 22.8 Å². The highest BCUT2D eigenvalue weighted by Crippen LogP contribution is 2.33. The zero-order chi connectivity index (χ0) is 15.4. The molecule has 1 heterocycles. The zero-order valence-electron chi connectivity index (χ0n) is 12.0. The number of nitrogens with one attached hydrogen (secondary N) is 1. The minimum atomic E-state index is -0.561. The number of fused-ring (bicyclic) bond motifs is 1. The van der Waals surface area contributed by atoms with Gasteiger partial charge in [0.2, 0.25) is 5.95 Å². The molecule has 2 rings (SSSR count). The van der Waals surface area contributed by atoms with Gasteiger partial charge in [0, 0.05) is 11.5 Å². The second kappa shape index (κ2) is 6.23. The van der Waals surface area contributed by atoms with Crippen molar-refractivity contribution in [1.82, 2.24) is 9.97 Å². The molecule has 0 spiro atoms. The molecule has 1 aromatic carbocycles. The zero-order valence-corrected chi connectivity index (χ0v) is 12.0. The number of carbonyl (C=O) groups excluding carboxylic acids is 1. The Kier molecular flexibility index (Phi) is 4.39. The second-order valence-corrected chi connectivity index (χ2v) is 3.98. The summed E-state index contributed by atoms with van der Waals surface area (Å²) in [5.74, 6) is 5.83. The van der Waals surface area contributed by atoms with Crippen LogP contribution in [0.1, 0.15) is 17.4 Å². The van der Waals surface area contributed by atoms with E-state index in [1.165, 1.54) is 14.2 Å². The van der Waals surface area contributed by atoms with E-state index in [2.05, 4.69) is 15.4 Å². The number of nitrogens with two attached hydrogens (primary N) is 1. The van der Waals surface area contributed by atoms with E-state index in [0.29, 0.717) is 22.4 Å². The number of carbonyl (C=O) groups is 1. The fourth-order valence-electron chi connectivity index (χ4n) is 1.88. The lowest BCUT2D eigenvalue weighted by molar-refractivity contribution is 0.0522. The first kappa shape index (κ1) is 14.8. The lowest BCUT2D eigenvalue weighted by Crippen LogP contribution is -2.15. The van der Waals surface area contributed by atoms with Crippen molar-refractivity contribution in [3.05, 3.63) is 17.8 Å². The first-order chi connectivity index (χ1) is 10.1. The number of nitrogen functional groups attached to an aromatic ring is 1. The normalized spacial score (nSPS) is 10.3. The molecule has 0 unspecified atom stereocenters. The SMILES string of the molecule is CCOC(=O)c1nc(NN)nc2cc(OC)c(OC)cc12. The highest BCUT2D eigenvalue weighted by Gasteiger charge is 2.18. The molecule has 1 aromatic heterocycles. The Labute approximate surface area is 121 Å². The third-order valence-electron chi connectivity index (χ3n) is 2.80. The summed E-state index contributed by atoms with van der Waals surface area (Å²) in [4.78, 5) is 20.3. The van der Waals surface area contributed by atoms with Crippen molar-refractivity contribution in [1.29, 1.82) is 0 Å². The molecular formula is C13H16N4O4. The number of nitrogens with zero attached hydrogens (tertiary/aromatic N) is 2. The average Bonchev–Trinajstić information content (AvgIpc) is 2.52. The van der Waals surface area contributed by atoms with Crippen molar-refractivity contribution in [2.45, 2.75) is 6.92 Å². The van der Waals surface area contributed by atoms with E-state index in [-0.39, 0.29) is 18.2 Å². The van der Waals surface area contributed by atoms with Gasteiger partial charge in [-0.2, -0.15) is 0 Å². The van der Waals surface area contributed by atoms with Crippen molar-refractivity contribution in [2.24, 2.45) is 5.84 Å². The molecule has 3 N–H and O–H groups in total. The Morgan fingerprint density at radius 1 is 1.24 bits per heavy atom. The Balaban J connectivity index is 2.72. The molecule has 8 heteroatoms. The topological polar surface area (TPSA) is 109 Å². The first-order valence-electron chi connectivity index (χ1n) is 6.22. The molecule has 0 atom stereocenters. The molecule has 21 heavy (non-hydrogen) atoms. The number of methoxy groups -OCH3 is 2. The molecule has 0 amide bonds. The number of anilines is 1. The van der Waals surface area contributed by atoms with Gasteiger partial charge in [-0.3, -0.25) is 5.43 Å². The van der Waals surface area contributed by atoms with Crippen LogP contribution < -0.4 is 20.7 Å². The maximum Gasteiger partial charge on any atom is 0.357 e. The van der Waals surface area contributed by atoms with Crippen molar-refractivity contribution < 1.29 is 19.0 Å². The van der Waals surface area contributed by atoms with Crippen molar-refractivity contribution in [3.63, 3.8) is 0 Å². The quantitative estimate of drug-likeness (QED) is 0.479. The van der Waals surface area contributed by atoms with Crippen LogP contribution in [0.25, 0.3) is 10.9 Å². The minimum absolute atomic E-state index is 0.107. The van der Waals surface area contributed by atoms with E-state index in [9.17, 15) is 4.79 Å². The fraction of sp³-hybridized carbons (Fsp3) is 0.308. The first-order valence-corrected chi connectivity index (χ1v) is 6.22. The Morgan fingerprint density at radius 3 is 2.48 bits per heavy atom. The van der Waals surface area contributed by atoms with Crippen LogP contribution in [0, 0.1) is 0 Å². The minimum Gasteiger partial charge on any atom is -0.493 e. The van der Waals surface area contributed by atoms with Gasteiger partial charge in [-0.25, -0.2) is 20.6 Å². The van der Waals surface area contributed by atoms with E-state index in [0.717, 1.165) is 0 Å². The number of hydrogen-bond donors (Lipinski definition) is 2. The summed E-state index contributed by atoms with van der Waals surface area (Å²) in [7, 11) is 3.02. The highest BCUT2D eigenvalue weighted by atomic mass is 16.5. The van der Waals surface area contributed by atoms with E-state index in [1.807, 2.05) is 0 Å². The number of ether oxygens (including phenoxy) is 3. The lowest BCUT2D eigenvalue weighted by atomic mass is 10.1. The van der Waals surface area contributed by atoms with E-state index < -0.39 is 5.97 Å². The van der Waals surface area contributed by atoms with Gasteiger partial charge >= 0.3 is 5.97 Å². The lowest BCUT2D eigenvalue weighted by Gasteiger charge is -2.11. The molecule has 0 radical (unpaired) electrons. The molecule has 0 saturated carbocycles. The monoisotopic (exact) mass is 292 g/mol. The van der Waals surface area contributed by atoms with Gasteiger partial charge in [-0.1, -0.05) is 0 Å². The summed E-state index contributed by atoms with van der Waals surface area (Å²) in [6, 6.07) is 3.26. The number of hydrazine groups is 1. The Morgan fingerprint density at radius 2 is 1.90 bits per heavy atom. The van der Waals surface area contributed by atoms with E-state index >= 15 is 0 Å². The smallest absolute Gasteiger partial charge is 0.357 e. The van der Waals surface area contributed by atoms with Gasteiger partial charge in [0.15, 0.2) is 17.2 Å². The summed E-state index contributed by atoms with van der Waals surface area (Å²) in [5.41, 5.74) is 2.91. The Hall–Kier alpha value is -2.61. The molecule has 0 aliphatic heterocycles. The van der Waals surface area contributed by atoms with Crippen LogP contribution in [0.4, 0.5) is 5.95 Å². The predicted octanol–water partition coefficient (Wildman–Crippen LogP) is 1.11. The molecule has 0 aliphatic carbocycles. The molecule has 2 aromatic rings. The summed E-state index contributed by atoms with van der Waals surface area (Å²) < 4.78 is 15.4. The summed E-state index contributed by atoms with van der Waals surface area (Å²) in [6.07, 6.45) is 0. The molecule has 0 saturated heterocycles. The van der Waals surface area contributed by atoms with Crippen molar-refractivity contribution in [3.8, 4) is 11.5 Å². The van der Waals surface area contributed by atoms with Crippen LogP contribution in [0.15, 0.2) is 12.1 Å². The van der Waals surface area contributed by atoms with Gasteiger partial charge < -0.3 is 14.2 Å². The predicted molar refractivity (Wildman–Crippen MR) is 76.4 cm³/mol. The van der Waals surface area contributed by atoms with Crippen LogP contribution in [0.3, 0.4) is 0 Å². The maximum atomic E-state index is 12.0. The number of esters is 1. The third kappa shape index (κ3) is 2.79. The molecular weight excluding hydrogens is 276 g/mol. The van der Waals surface area contributed by atoms with Crippen LogP contribution in [-0.4, -0.2) is 36.8 Å². The van der Waals surface area contributed by atoms with E-state index in [1.54, 1.807) is 19.1 Å². The van der Waals surface area contributed by atoms with Crippen LogP contribution >= 0.6 is 0 Å². The van der Waals surface area contributed by atoms with E-state index in [4.69, 9.17) is 20.1 Å². The largest absolute Gasteiger partial charge is 0.493 e. The molecule has 112 valence electrons. The number of rotatable bonds is 5. The van der Waals surface area contributed by atoms with Gasteiger partial charge in [-0.05, 0) is 13.0 Å².